The number of fused-ring (bicyclic) bond motifs is 3. The monoisotopic (exact) mass is 433 g/mol. The second-order valence-corrected chi connectivity index (χ2v) is 9.46. The van der Waals surface area contributed by atoms with Gasteiger partial charge in [-0.05, 0) is 24.5 Å². The fraction of sp³-hybridized carbons (Fsp3) is 0.333. The van der Waals surface area contributed by atoms with E-state index in [9.17, 15) is 35.5 Å². The van der Waals surface area contributed by atoms with E-state index < -0.39 is 60.0 Å². The third kappa shape index (κ3) is 3.48. The molecular formula is C15H15NO10S2. The Balaban J connectivity index is 2.36. The fourth-order valence-electron chi connectivity index (χ4n) is 3.63. The van der Waals surface area contributed by atoms with Crippen LogP contribution >= 0.6 is 0 Å². The molecule has 0 aliphatic heterocycles. The van der Waals surface area contributed by atoms with Crippen molar-refractivity contribution in [1.82, 2.24) is 0 Å². The SMILES string of the molecule is Nc1cc2oc(=O)c3c(c2cc1S(=O)(=O)O)C(C(CC(=O)O)S(=O)(=O)O)CC3. The van der Waals surface area contributed by atoms with Crippen molar-refractivity contribution in [2.24, 2.45) is 0 Å². The summed E-state index contributed by atoms with van der Waals surface area (Å²) >= 11 is 0. The highest BCUT2D eigenvalue weighted by Gasteiger charge is 2.41. The molecule has 28 heavy (non-hydrogen) atoms. The molecule has 0 saturated heterocycles. The maximum absolute atomic E-state index is 12.3. The van der Waals surface area contributed by atoms with E-state index in [2.05, 4.69) is 0 Å². The zero-order valence-electron chi connectivity index (χ0n) is 14.0. The Labute approximate surface area is 158 Å². The molecule has 152 valence electrons. The van der Waals surface area contributed by atoms with Gasteiger partial charge >= 0.3 is 11.6 Å². The van der Waals surface area contributed by atoms with Gasteiger partial charge in [-0.15, -0.1) is 0 Å². The van der Waals surface area contributed by atoms with E-state index in [1.807, 2.05) is 0 Å². The summed E-state index contributed by atoms with van der Waals surface area (Å²) in [6.45, 7) is 0. The molecule has 2 unspecified atom stereocenters. The number of aliphatic carboxylic acids is 1. The molecule has 1 aliphatic carbocycles. The van der Waals surface area contributed by atoms with Gasteiger partial charge in [0, 0.05) is 22.9 Å². The van der Waals surface area contributed by atoms with E-state index in [0.717, 1.165) is 12.1 Å². The van der Waals surface area contributed by atoms with Crippen molar-refractivity contribution in [3.05, 3.63) is 33.7 Å². The number of carboxylic acid groups (broad SMARTS) is 1. The third-order valence-corrected chi connectivity index (χ3v) is 6.91. The predicted molar refractivity (Wildman–Crippen MR) is 95.4 cm³/mol. The molecule has 5 N–H and O–H groups in total. The quantitative estimate of drug-likeness (QED) is 0.288. The summed E-state index contributed by atoms with van der Waals surface area (Å²) in [4.78, 5) is 22.7. The number of carbonyl (C=O) groups is 1. The minimum absolute atomic E-state index is 0.0158. The zero-order valence-corrected chi connectivity index (χ0v) is 15.7. The lowest BCUT2D eigenvalue weighted by molar-refractivity contribution is -0.137. The minimum Gasteiger partial charge on any atom is -0.481 e. The van der Waals surface area contributed by atoms with Crippen LogP contribution in [0.5, 0.6) is 0 Å². The first-order valence-corrected chi connectivity index (χ1v) is 10.8. The van der Waals surface area contributed by atoms with Crippen molar-refractivity contribution in [3.8, 4) is 0 Å². The van der Waals surface area contributed by atoms with E-state index in [4.69, 9.17) is 15.3 Å². The summed E-state index contributed by atoms with van der Waals surface area (Å²) in [7, 11) is -9.56. The van der Waals surface area contributed by atoms with Gasteiger partial charge in [-0.2, -0.15) is 16.8 Å². The van der Waals surface area contributed by atoms with Gasteiger partial charge in [0.15, 0.2) is 0 Å². The molecule has 1 aliphatic rings. The van der Waals surface area contributed by atoms with Crippen LogP contribution in [0, 0.1) is 0 Å². The molecule has 2 atom stereocenters. The Morgan fingerprint density at radius 1 is 1.25 bits per heavy atom. The van der Waals surface area contributed by atoms with Gasteiger partial charge in [0.2, 0.25) is 0 Å². The van der Waals surface area contributed by atoms with Crippen molar-refractivity contribution in [3.63, 3.8) is 0 Å². The smallest absolute Gasteiger partial charge is 0.339 e. The first-order chi connectivity index (χ1) is 12.8. The van der Waals surface area contributed by atoms with E-state index in [0.29, 0.717) is 0 Å². The Bertz CT molecular complexity index is 1260. The van der Waals surface area contributed by atoms with Gasteiger partial charge in [0.05, 0.1) is 12.1 Å². The highest BCUT2D eigenvalue weighted by atomic mass is 32.2. The highest BCUT2D eigenvalue weighted by molar-refractivity contribution is 7.86. The van der Waals surface area contributed by atoms with Gasteiger partial charge in [0.25, 0.3) is 20.2 Å². The van der Waals surface area contributed by atoms with Crippen molar-refractivity contribution >= 4 is 42.9 Å². The molecule has 0 fully saturated rings. The first kappa shape index (κ1) is 20.3. The van der Waals surface area contributed by atoms with Crippen LogP contribution in [0.15, 0.2) is 26.2 Å². The summed E-state index contributed by atoms with van der Waals surface area (Å²) in [5.41, 5.74) is 4.31. The number of rotatable bonds is 5. The van der Waals surface area contributed by atoms with Crippen LogP contribution in [0.3, 0.4) is 0 Å². The van der Waals surface area contributed by atoms with Crippen LogP contribution in [-0.4, -0.2) is 42.3 Å². The number of benzene rings is 1. The molecule has 0 spiro atoms. The largest absolute Gasteiger partial charge is 0.481 e. The van der Waals surface area contributed by atoms with E-state index in [1.165, 1.54) is 0 Å². The van der Waals surface area contributed by atoms with E-state index >= 15 is 0 Å². The number of hydrogen-bond acceptors (Lipinski definition) is 8. The normalized spacial score (nSPS) is 18.1. The summed E-state index contributed by atoms with van der Waals surface area (Å²) in [5, 5.41) is 7.25. The van der Waals surface area contributed by atoms with E-state index in [-0.39, 0.29) is 34.9 Å². The Hall–Kier alpha value is -2.48. The average molecular weight is 433 g/mol. The Morgan fingerprint density at radius 3 is 2.43 bits per heavy atom. The maximum atomic E-state index is 12.3. The van der Waals surface area contributed by atoms with Gasteiger partial charge in [0.1, 0.15) is 15.7 Å². The maximum Gasteiger partial charge on any atom is 0.339 e. The standard InChI is InChI=1S/C15H15NO10S2/c16-9-4-10-8(3-12(9)28(23,24)25)14-6(1-2-7(14)15(19)26-10)11(5-13(17)18)27(20,21)22/h3-4,6,11H,1-2,5,16H2,(H,17,18)(H,20,21,22)(H,23,24,25). The molecule has 3 rings (SSSR count). The molecule has 0 amide bonds. The van der Waals surface area contributed by atoms with Crippen LogP contribution in [0.25, 0.3) is 11.0 Å². The van der Waals surface area contributed by atoms with Crippen molar-refractivity contribution < 1.29 is 40.3 Å². The topological polar surface area (TPSA) is 202 Å². The second kappa shape index (κ2) is 6.55. The summed E-state index contributed by atoms with van der Waals surface area (Å²) in [6.07, 6.45) is -0.872. The van der Waals surface area contributed by atoms with E-state index in [1.54, 1.807) is 0 Å². The molecule has 11 nitrogen and oxygen atoms in total. The van der Waals surface area contributed by atoms with Crippen LogP contribution in [0.4, 0.5) is 5.69 Å². The average Bonchev–Trinajstić information content (AvgIpc) is 2.95. The lowest BCUT2D eigenvalue weighted by Crippen LogP contribution is -2.30. The van der Waals surface area contributed by atoms with Crippen LogP contribution in [0.2, 0.25) is 0 Å². The molecular weight excluding hydrogens is 418 g/mol. The molecule has 0 saturated carbocycles. The predicted octanol–water partition coefficient (Wildman–Crippen LogP) is 0.383. The number of nitrogens with two attached hydrogens (primary N) is 1. The lowest BCUT2D eigenvalue weighted by Gasteiger charge is -2.21. The second-order valence-electron chi connectivity index (χ2n) is 6.44. The molecule has 0 radical (unpaired) electrons. The number of nitrogen functional groups attached to an aromatic ring is 1. The number of carboxylic acids is 1. The van der Waals surface area contributed by atoms with Crippen molar-refractivity contribution in [1.29, 1.82) is 0 Å². The van der Waals surface area contributed by atoms with Crippen molar-refractivity contribution in [2.45, 2.75) is 35.3 Å². The van der Waals surface area contributed by atoms with Crippen LogP contribution in [0.1, 0.15) is 29.9 Å². The Kier molecular flexibility index (Phi) is 4.74. The van der Waals surface area contributed by atoms with Crippen LogP contribution < -0.4 is 11.4 Å². The molecule has 1 aromatic carbocycles. The Morgan fingerprint density at radius 2 is 1.89 bits per heavy atom. The molecule has 0 bridgehead atoms. The number of anilines is 1. The minimum atomic E-state index is -4.82. The summed E-state index contributed by atoms with van der Waals surface area (Å²) < 4.78 is 70.7. The van der Waals surface area contributed by atoms with Crippen molar-refractivity contribution in [2.75, 3.05) is 5.73 Å². The highest BCUT2D eigenvalue weighted by Crippen LogP contribution is 2.42. The van der Waals surface area contributed by atoms with Gasteiger partial charge in [-0.3, -0.25) is 13.9 Å². The van der Waals surface area contributed by atoms with Crippen LogP contribution in [-0.2, 0) is 31.5 Å². The zero-order chi connectivity index (χ0) is 21.0. The first-order valence-electron chi connectivity index (χ1n) is 7.85. The summed E-state index contributed by atoms with van der Waals surface area (Å²) in [5.74, 6) is -2.59. The molecule has 2 aromatic rings. The van der Waals surface area contributed by atoms with Gasteiger partial charge in [-0.25, -0.2) is 4.79 Å². The molecule has 1 heterocycles. The molecule has 13 heteroatoms. The number of hydrogen-bond donors (Lipinski definition) is 4. The molecule has 1 aromatic heterocycles. The third-order valence-electron chi connectivity index (χ3n) is 4.74. The lowest BCUT2D eigenvalue weighted by atomic mass is 9.93. The van der Waals surface area contributed by atoms with Gasteiger partial charge in [-0.1, -0.05) is 0 Å². The fourth-order valence-corrected chi connectivity index (χ4v) is 5.30. The summed E-state index contributed by atoms with van der Waals surface area (Å²) in [6, 6.07) is 1.93. The van der Waals surface area contributed by atoms with Gasteiger partial charge < -0.3 is 15.3 Å².